The van der Waals surface area contributed by atoms with E-state index in [0.717, 1.165) is 16.2 Å². The Hall–Kier alpha value is -0.280. The number of hydrogen-bond donors (Lipinski definition) is 1. The Kier molecular flexibility index (Phi) is 4.69. The molecule has 1 aromatic rings. The van der Waals surface area contributed by atoms with E-state index in [9.17, 15) is 0 Å². The molecule has 0 amide bonds. The SMILES string of the molecule is CCC1CCCCC1Nc1ncc(Br)cc1Cl. The van der Waals surface area contributed by atoms with Gasteiger partial charge in [-0.25, -0.2) is 4.98 Å². The van der Waals surface area contributed by atoms with Crippen LogP contribution < -0.4 is 5.32 Å². The third-order valence-electron chi connectivity index (χ3n) is 3.56. The minimum absolute atomic E-state index is 0.528. The smallest absolute Gasteiger partial charge is 0.145 e. The van der Waals surface area contributed by atoms with Crippen LogP contribution in [0.4, 0.5) is 5.82 Å². The van der Waals surface area contributed by atoms with Gasteiger partial charge in [0.25, 0.3) is 0 Å². The second kappa shape index (κ2) is 6.05. The quantitative estimate of drug-likeness (QED) is 0.859. The molecule has 2 unspecified atom stereocenters. The van der Waals surface area contributed by atoms with Crippen molar-refractivity contribution >= 4 is 33.3 Å². The largest absolute Gasteiger partial charge is 0.366 e. The fourth-order valence-electron chi connectivity index (χ4n) is 2.58. The highest BCUT2D eigenvalue weighted by molar-refractivity contribution is 9.10. The summed E-state index contributed by atoms with van der Waals surface area (Å²) in [5, 5.41) is 4.21. The van der Waals surface area contributed by atoms with Gasteiger partial charge in [0.2, 0.25) is 0 Å². The van der Waals surface area contributed by atoms with E-state index in [1.54, 1.807) is 6.20 Å². The van der Waals surface area contributed by atoms with Crippen LogP contribution in [0.5, 0.6) is 0 Å². The molecule has 1 N–H and O–H groups in total. The van der Waals surface area contributed by atoms with Crippen LogP contribution in [0.2, 0.25) is 5.02 Å². The minimum Gasteiger partial charge on any atom is -0.366 e. The number of aromatic nitrogens is 1. The first-order chi connectivity index (χ1) is 8.20. The molecule has 1 heterocycles. The van der Waals surface area contributed by atoms with E-state index in [4.69, 9.17) is 11.6 Å². The van der Waals surface area contributed by atoms with Crippen molar-refractivity contribution in [3.8, 4) is 0 Å². The summed E-state index contributed by atoms with van der Waals surface area (Å²) in [6.07, 6.45) is 8.24. The average Bonchev–Trinajstić information content (AvgIpc) is 2.33. The molecule has 0 spiro atoms. The maximum absolute atomic E-state index is 6.18. The van der Waals surface area contributed by atoms with Gasteiger partial charge < -0.3 is 5.32 Å². The molecule has 0 aromatic carbocycles. The van der Waals surface area contributed by atoms with Crippen molar-refractivity contribution in [3.05, 3.63) is 21.8 Å². The Morgan fingerprint density at radius 3 is 2.94 bits per heavy atom. The van der Waals surface area contributed by atoms with Gasteiger partial charge >= 0.3 is 0 Å². The van der Waals surface area contributed by atoms with Gasteiger partial charge in [0.1, 0.15) is 5.82 Å². The molecule has 2 nitrogen and oxygen atoms in total. The van der Waals surface area contributed by atoms with E-state index in [-0.39, 0.29) is 0 Å². The van der Waals surface area contributed by atoms with Gasteiger partial charge in [-0.1, -0.05) is 37.8 Å². The van der Waals surface area contributed by atoms with Crippen LogP contribution in [0.1, 0.15) is 39.0 Å². The van der Waals surface area contributed by atoms with Crippen molar-refractivity contribution in [1.82, 2.24) is 4.98 Å². The van der Waals surface area contributed by atoms with Crippen LogP contribution in [-0.2, 0) is 0 Å². The molecule has 1 aromatic heterocycles. The zero-order valence-electron chi connectivity index (χ0n) is 10.0. The number of rotatable bonds is 3. The zero-order chi connectivity index (χ0) is 12.3. The van der Waals surface area contributed by atoms with Crippen molar-refractivity contribution in [2.75, 3.05) is 5.32 Å². The summed E-state index contributed by atoms with van der Waals surface area (Å²) in [5.41, 5.74) is 0. The molecular formula is C13H18BrClN2. The molecule has 17 heavy (non-hydrogen) atoms. The number of hydrogen-bond acceptors (Lipinski definition) is 2. The van der Waals surface area contributed by atoms with Crippen LogP contribution in [-0.4, -0.2) is 11.0 Å². The second-order valence-electron chi connectivity index (χ2n) is 4.69. The van der Waals surface area contributed by atoms with Crippen LogP contribution in [0.3, 0.4) is 0 Å². The molecule has 1 aliphatic rings. The van der Waals surface area contributed by atoms with Gasteiger partial charge in [-0.2, -0.15) is 0 Å². The first kappa shape index (κ1) is 13.2. The lowest BCUT2D eigenvalue weighted by Gasteiger charge is -2.32. The van der Waals surface area contributed by atoms with Gasteiger partial charge in [0.05, 0.1) is 5.02 Å². The van der Waals surface area contributed by atoms with Crippen molar-refractivity contribution in [2.45, 2.75) is 45.1 Å². The Labute approximate surface area is 116 Å². The van der Waals surface area contributed by atoms with Crippen molar-refractivity contribution in [2.24, 2.45) is 5.92 Å². The van der Waals surface area contributed by atoms with E-state index in [0.29, 0.717) is 11.1 Å². The van der Waals surface area contributed by atoms with E-state index < -0.39 is 0 Å². The van der Waals surface area contributed by atoms with Crippen LogP contribution in [0.25, 0.3) is 0 Å². The summed E-state index contributed by atoms with van der Waals surface area (Å²) in [7, 11) is 0. The van der Waals surface area contributed by atoms with Crippen molar-refractivity contribution < 1.29 is 0 Å². The summed E-state index contributed by atoms with van der Waals surface area (Å²) in [6, 6.07) is 2.42. The molecule has 2 rings (SSSR count). The lowest BCUT2D eigenvalue weighted by atomic mass is 9.83. The van der Waals surface area contributed by atoms with Gasteiger partial charge in [-0.3, -0.25) is 0 Å². The number of pyridine rings is 1. The molecule has 4 heteroatoms. The van der Waals surface area contributed by atoms with Crippen LogP contribution in [0.15, 0.2) is 16.7 Å². The first-order valence-electron chi connectivity index (χ1n) is 6.28. The third-order valence-corrected chi connectivity index (χ3v) is 4.29. The van der Waals surface area contributed by atoms with Gasteiger partial charge in [0.15, 0.2) is 0 Å². The third kappa shape index (κ3) is 3.35. The fraction of sp³-hybridized carbons (Fsp3) is 0.615. The summed E-state index contributed by atoms with van der Waals surface area (Å²) in [5.74, 6) is 1.57. The Morgan fingerprint density at radius 2 is 2.24 bits per heavy atom. The summed E-state index contributed by atoms with van der Waals surface area (Å²) in [4.78, 5) is 4.35. The number of nitrogens with zero attached hydrogens (tertiary/aromatic N) is 1. The Balaban J connectivity index is 2.08. The predicted molar refractivity (Wildman–Crippen MR) is 76.6 cm³/mol. The first-order valence-corrected chi connectivity index (χ1v) is 7.45. The molecule has 1 saturated carbocycles. The normalized spacial score (nSPS) is 24.6. The summed E-state index contributed by atoms with van der Waals surface area (Å²) in [6.45, 7) is 2.27. The average molecular weight is 318 g/mol. The maximum atomic E-state index is 6.18. The number of halogens is 2. The minimum atomic E-state index is 0.528. The van der Waals surface area contributed by atoms with Crippen LogP contribution in [0, 0.1) is 5.92 Å². The number of nitrogens with one attached hydrogen (secondary N) is 1. The zero-order valence-corrected chi connectivity index (χ0v) is 12.4. The van der Waals surface area contributed by atoms with Crippen LogP contribution >= 0.6 is 27.5 Å². The van der Waals surface area contributed by atoms with E-state index >= 15 is 0 Å². The number of anilines is 1. The molecule has 1 aliphatic carbocycles. The molecular weight excluding hydrogens is 300 g/mol. The molecule has 0 bridgehead atoms. The van der Waals surface area contributed by atoms with Crippen molar-refractivity contribution in [1.29, 1.82) is 0 Å². The molecule has 2 atom stereocenters. The molecule has 1 fully saturated rings. The molecule has 0 radical (unpaired) electrons. The second-order valence-corrected chi connectivity index (χ2v) is 6.01. The lowest BCUT2D eigenvalue weighted by Crippen LogP contribution is -2.32. The van der Waals surface area contributed by atoms with E-state index in [1.165, 1.54) is 32.1 Å². The van der Waals surface area contributed by atoms with Crippen molar-refractivity contribution in [3.63, 3.8) is 0 Å². The monoisotopic (exact) mass is 316 g/mol. The summed E-state index contributed by atoms with van der Waals surface area (Å²) >= 11 is 9.56. The standard InChI is InChI=1S/C13H18BrClN2/c1-2-9-5-3-4-6-12(9)17-13-11(15)7-10(14)8-16-13/h7-9,12H,2-6H2,1H3,(H,16,17). The maximum Gasteiger partial charge on any atom is 0.145 e. The topological polar surface area (TPSA) is 24.9 Å². The molecule has 0 saturated heterocycles. The van der Waals surface area contributed by atoms with Gasteiger partial charge in [0, 0.05) is 16.7 Å². The highest BCUT2D eigenvalue weighted by Gasteiger charge is 2.24. The Morgan fingerprint density at radius 1 is 1.47 bits per heavy atom. The fourth-order valence-corrected chi connectivity index (χ4v) is 3.27. The highest BCUT2D eigenvalue weighted by atomic mass is 79.9. The predicted octanol–water partition coefficient (Wildman–Crippen LogP) is 4.88. The lowest BCUT2D eigenvalue weighted by molar-refractivity contribution is 0.317. The highest BCUT2D eigenvalue weighted by Crippen LogP contribution is 2.31. The van der Waals surface area contributed by atoms with Gasteiger partial charge in [-0.05, 0) is 40.8 Å². The molecule has 0 aliphatic heterocycles. The van der Waals surface area contributed by atoms with E-state index in [1.807, 2.05) is 6.07 Å². The van der Waals surface area contributed by atoms with E-state index in [2.05, 4.69) is 33.2 Å². The summed E-state index contributed by atoms with van der Waals surface area (Å²) < 4.78 is 0.920. The molecule has 94 valence electrons. The Bertz CT molecular complexity index is 384. The van der Waals surface area contributed by atoms with Gasteiger partial charge in [-0.15, -0.1) is 0 Å².